The maximum Gasteiger partial charge on any atom is 0.573 e. The number of anilines is 1. The van der Waals surface area contributed by atoms with Crippen LogP contribution in [0.1, 0.15) is 42.3 Å². The van der Waals surface area contributed by atoms with Gasteiger partial charge < -0.3 is 14.6 Å². The Hall–Kier alpha value is -2.51. The van der Waals surface area contributed by atoms with Crippen LogP contribution in [0.15, 0.2) is 24.3 Å². The van der Waals surface area contributed by atoms with Crippen LogP contribution >= 0.6 is 0 Å². The van der Waals surface area contributed by atoms with Gasteiger partial charge in [0.25, 0.3) is 0 Å². The van der Waals surface area contributed by atoms with Gasteiger partial charge in [-0.3, -0.25) is 4.79 Å². The number of hydrogen-bond donors (Lipinski definition) is 1. The van der Waals surface area contributed by atoms with E-state index < -0.39 is 6.36 Å². The van der Waals surface area contributed by atoms with E-state index >= 15 is 0 Å². The molecular formula is C17H16F3N3O2. The van der Waals surface area contributed by atoms with Crippen LogP contribution in [0.25, 0.3) is 0 Å². The molecule has 0 saturated carbocycles. The lowest BCUT2D eigenvalue weighted by Gasteiger charge is -2.24. The second-order valence-corrected chi connectivity index (χ2v) is 6.29. The molecular weight excluding hydrogens is 335 g/mol. The molecule has 0 fully saturated rings. The number of alkyl halides is 3. The van der Waals surface area contributed by atoms with Gasteiger partial charge in [-0.2, -0.15) is 0 Å². The van der Waals surface area contributed by atoms with Gasteiger partial charge in [-0.05, 0) is 30.5 Å². The highest BCUT2D eigenvalue weighted by Crippen LogP contribution is 2.39. The Balaban J connectivity index is 1.67. The second kappa shape index (κ2) is 5.79. The van der Waals surface area contributed by atoms with Crippen LogP contribution in [-0.4, -0.2) is 21.8 Å². The summed E-state index contributed by atoms with van der Waals surface area (Å²) in [7, 11) is 0. The van der Waals surface area contributed by atoms with Crippen molar-refractivity contribution in [1.82, 2.24) is 9.55 Å². The normalized spacial score (nSPS) is 19.8. The number of amides is 1. The van der Waals surface area contributed by atoms with Crippen LogP contribution in [-0.2, 0) is 17.8 Å². The molecule has 1 aromatic heterocycles. The van der Waals surface area contributed by atoms with Gasteiger partial charge in [-0.25, -0.2) is 4.98 Å². The van der Waals surface area contributed by atoms with Crippen molar-refractivity contribution in [2.45, 2.75) is 44.5 Å². The van der Waals surface area contributed by atoms with Crippen LogP contribution in [0, 0.1) is 0 Å². The van der Waals surface area contributed by atoms with E-state index in [1.807, 2.05) is 4.57 Å². The molecule has 1 N–H and O–H groups in total. The van der Waals surface area contributed by atoms with E-state index in [0.29, 0.717) is 0 Å². The number of rotatable bonds is 2. The molecule has 0 aliphatic carbocycles. The number of ether oxygens (including phenoxy) is 1. The topological polar surface area (TPSA) is 56.1 Å². The number of carbonyl (C=O) groups excluding carboxylic acids is 1. The summed E-state index contributed by atoms with van der Waals surface area (Å²) < 4.78 is 42.8. The Kier molecular flexibility index (Phi) is 3.70. The third kappa shape index (κ3) is 3.08. The molecule has 0 saturated heterocycles. The van der Waals surface area contributed by atoms with Crippen molar-refractivity contribution < 1.29 is 22.7 Å². The minimum absolute atomic E-state index is 0.110. The summed E-state index contributed by atoms with van der Waals surface area (Å²) in [6.07, 6.45) is -1.52. The predicted octanol–water partition coefficient (Wildman–Crippen LogP) is 3.59. The number of benzene rings is 1. The molecule has 0 bridgehead atoms. The number of nitrogens with one attached hydrogen (secondary N) is 1. The molecule has 3 heterocycles. The fourth-order valence-electron chi connectivity index (χ4n) is 3.52. The summed E-state index contributed by atoms with van der Waals surface area (Å²) in [4.78, 5) is 16.8. The molecule has 132 valence electrons. The monoisotopic (exact) mass is 351 g/mol. The third-order valence-electron chi connectivity index (χ3n) is 4.60. The number of aryl methyl sites for hydroxylation is 1. The van der Waals surface area contributed by atoms with Crippen LogP contribution < -0.4 is 10.1 Å². The number of nitrogens with zero attached hydrogens (tertiary/aromatic N) is 2. The Bertz CT molecular complexity index is 812. The first-order valence-electron chi connectivity index (χ1n) is 8.15. The first-order chi connectivity index (χ1) is 11.9. The Labute approximate surface area is 141 Å². The molecule has 2 aromatic rings. The van der Waals surface area contributed by atoms with Crippen LogP contribution in [0.2, 0.25) is 0 Å². The summed E-state index contributed by atoms with van der Waals surface area (Å²) in [5.41, 5.74) is 1.54. The lowest BCUT2D eigenvalue weighted by Crippen LogP contribution is -2.25. The summed E-state index contributed by atoms with van der Waals surface area (Å²) in [6.45, 7) is 0.822. The van der Waals surface area contributed by atoms with E-state index in [1.165, 1.54) is 12.1 Å². The van der Waals surface area contributed by atoms with Gasteiger partial charge in [0.05, 0.1) is 5.69 Å². The summed E-state index contributed by atoms with van der Waals surface area (Å²) in [6, 6.07) is 5.66. The zero-order chi connectivity index (χ0) is 17.6. The van der Waals surface area contributed by atoms with Gasteiger partial charge in [-0.15, -0.1) is 13.2 Å². The average Bonchev–Trinajstić information content (AvgIpc) is 2.92. The molecule has 1 amide bonds. The third-order valence-corrected chi connectivity index (χ3v) is 4.60. The maximum absolute atomic E-state index is 12.3. The summed E-state index contributed by atoms with van der Waals surface area (Å²) >= 11 is 0. The standard InChI is InChI=1S/C17H16F3N3O2/c18-17(19,20)25-11-6-4-10(5-7-11)12-9-14(24)22-16-15(12)21-13-3-1-2-8-23(13)16/h4-7,12H,1-3,8-9H2,(H,22,24)/t12-/m1/s1. The average molecular weight is 351 g/mol. The number of halogens is 3. The fourth-order valence-corrected chi connectivity index (χ4v) is 3.52. The molecule has 25 heavy (non-hydrogen) atoms. The van der Waals surface area contributed by atoms with Crippen LogP contribution in [0.3, 0.4) is 0 Å². The van der Waals surface area contributed by atoms with Crippen molar-refractivity contribution in [3.05, 3.63) is 41.3 Å². The lowest BCUT2D eigenvalue weighted by molar-refractivity contribution is -0.274. The number of hydrogen-bond acceptors (Lipinski definition) is 3. The molecule has 2 aliphatic rings. The van der Waals surface area contributed by atoms with E-state index in [-0.39, 0.29) is 24.0 Å². The molecule has 4 rings (SSSR count). The minimum atomic E-state index is -4.72. The molecule has 0 spiro atoms. The molecule has 1 aromatic carbocycles. The van der Waals surface area contributed by atoms with Crippen molar-refractivity contribution in [2.24, 2.45) is 0 Å². The number of imidazole rings is 1. The quantitative estimate of drug-likeness (QED) is 0.900. The number of fused-ring (bicyclic) bond motifs is 3. The Morgan fingerprint density at radius 2 is 1.96 bits per heavy atom. The van der Waals surface area contributed by atoms with Gasteiger partial charge in [0.2, 0.25) is 5.91 Å². The largest absolute Gasteiger partial charge is 0.573 e. The van der Waals surface area contributed by atoms with Gasteiger partial charge >= 0.3 is 6.36 Å². The molecule has 0 unspecified atom stereocenters. The number of carbonyl (C=O) groups is 1. The smallest absolute Gasteiger partial charge is 0.406 e. The maximum atomic E-state index is 12.3. The van der Waals surface area contributed by atoms with Crippen molar-refractivity contribution in [2.75, 3.05) is 5.32 Å². The zero-order valence-electron chi connectivity index (χ0n) is 13.3. The first kappa shape index (κ1) is 16.0. The highest BCUT2D eigenvalue weighted by molar-refractivity contribution is 5.94. The van der Waals surface area contributed by atoms with Gasteiger partial charge in [-0.1, -0.05) is 12.1 Å². The van der Waals surface area contributed by atoms with E-state index in [9.17, 15) is 18.0 Å². The summed E-state index contributed by atoms with van der Waals surface area (Å²) in [5, 5.41) is 2.90. The van der Waals surface area contributed by atoms with E-state index in [2.05, 4.69) is 10.1 Å². The highest BCUT2D eigenvalue weighted by atomic mass is 19.4. The highest BCUT2D eigenvalue weighted by Gasteiger charge is 2.34. The zero-order valence-corrected chi connectivity index (χ0v) is 13.3. The van der Waals surface area contributed by atoms with Gasteiger partial charge in [0.1, 0.15) is 17.4 Å². The molecule has 2 aliphatic heterocycles. The van der Waals surface area contributed by atoms with E-state index in [0.717, 1.165) is 48.7 Å². The number of aromatic nitrogens is 2. The molecule has 8 heteroatoms. The van der Waals surface area contributed by atoms with Crippen LogP contribution in [0.5, 0.6) is 5.75 Å². The van der Waals surface area contributed by atoms with Crippen molar-refractivity contribution in [1.29, 1.82) is 0 Å². The molecule has 0 radical (unpaired) electrons. The SMILES string of the molecule is O=C1C[C@H](c2ccc(OC(F)(F)F)cc2)c2nc3n(c2N1)CCCC3. The lowest BCUT2D eigenvalue weighted by atomic mass is 9.90. The minimum Gasteiger partial charge on any atom is -0.406 e. The van der Waals surface area contributed by atoms with Crippen LogP contribution in [0.4, 0.5) is 19.0 Å². The fraction of sp³-hybridized carbons (Fsp3) is 0.412. The molecule has 1 atom stereocenters. The predicted molar refractivity (Wildman–Crippen MR) is 83.4 cm³/mol. The second-order valence-electron chi connectivity index (χ2n) is 6.29. The molecule has 5 nitrogen and oxygen atoms in total. The van der Waals surface area contributed by atoms with Crippen molar-refractivity contribution in [3.63, 3.8) is 0 Å². The van der Waals surface area contributed by atoms with Crippen molar-refractivity contribution in [3.8, 4) is 5.75 Å². The van der Waals surface area contributed by atoms with E-state index in [4.69, 9.17) is 4.98 Å². The summed E-state index contributed by atoms with van der Waals surface area (Å²) in [5.74, 6) is 1.04. The van der Waals surface area contributed by atoms with E-state index in [1.54, 1.807) is 12.1 Å². The Morgan fingerprint density at radius 3 is 2.68 bits per heavy atom. The first-order valence-corrected chi connectivity index (χ1v) is 8.15. The van der Waals surface area contributed by atoms with Crippen molar-refractivity contribution >= 4 is 11.7 Å². The Morgan fingerprint density at radius 1 is 1.20 bits per heavy atom. The van der Waals surface area contributed by atoms with Gasteiger partial charge in [0, 0.05) is 25.3 Å². The van der Waals surface area contributed by atoms with Gasteiger partial charge in [0.15, 0.2) is 0 Å².